The third-order valence-electron chi connectivity index (χ3n) is 8.51. The molecule has 0 unspecified atom stereocenters. The van der Waals surface area contributed by atoms with Gasteiger partial charge in [0.15, 0.2) is 0 Å². The first kappa shape index (κ1) is 34.2. The molecule has 14 heteroatoms. The molecule has 49 heavy (non-hydrogen) atoms. The smallest absolute Gasteiger partial charge is 0.407 e. The molecule has 1 N–H and O–H groups in total. The van der Waals surface area contributed by atoms with Crippen molar-refractivity contribution < 1.29 is 36.2 Å². The van der Waals surface area contributed by atoms with E-state index in [1.54, 1.807) is 39.2 Å². The van der Waals surface area contributed by atoms with Gasteiger partial charge in [-0.1, -0.05) is 30.8 Å². The fourth-order valence-electron chi connectivity index (χ4n) is 6.19. The summed E-state index contributed by atoms with van der Waals surface area (Å²) in [5.41, 5.74) is 2.57. The van der Waals surface area contributed by atoms with Gasteiger partial charge in [-0.3, -0.25) is 9.48 Å². The van der Waals surface area contributed by atoms with Crippen LogP contribution in [-0.4, -0.2) is 65.7 Å². The summed E-state index contributed by atoms with van der Waals surface area (Å²) < 4.78 is 84.9. The second kappa shape index (κ2) is 13.7. The molecule has 8 nitrogen and oxygen atoms in total. The molecule has 0 spiro atoms. The number of amides is 1. The third kappa shape index (κ3) is 6.43. The fourth-order valence-corrected chi connectivity index (χ4v) is 7.14. The van der Waals surface area contributed by atoms with Crippen LogP contribution in [0.3, 0.4) is 0 Å². The normalized spacial score (nSPS) is 15.3. The van der Waals surface area contributed by atoms with E-state index in [0.29, 0.717) is 51.4 Å². The number of alkyl halides is 3. The zero-order chi connectivity index (χ0) is 35.0. The number of pyridine rings is 1. The summed E-state index contributed by atoms with van der Waals surface area (Å²) in [5.74, 6) is -2.01. The first-order valence-corrected chi connectivity index (χ1v) is 16.2. The van der Waals surface area contributed by atoms with Gasteiger partial charge in [-0.25, -0.2) is 13.8 Å². The average Bonchev–Trinajstić information content (AvgIpc) is 3.73. The molecule has 3 aromatic heterocycles. The second-order valence-corrected chi connectivity index (χ2v) is 12.3. The van der Waals surface area contributed by atoms with E-state index >= 15 is 4.39 Å². The number of methoxy groups -OCH3 is 1. The van der Waals surface area contributed by atoms with Crippen molar-refractivity contribution in [1.29, 1.82) is 0 Å². The van der Waals surface area contributed by atoms with Crippen molar-refractivity contribution in [3.63, 3.8) is 0 Å². The molecule has 0 saturated heterocycles. The summed E-state index contributed by atoms with van der Waals surface area (Å²) in [6.07, 6.45) is -3.25. The maximum atomic E-state index is 16.0. The molecule has 5 aromatic rings. The summed E-state index contributed by atoms with van der Waals surface area (Å²) in [6.45, 7) is 6.42. The van der Waals surface area contributed by atoms with E-state index in [-0.39, 0.29) is 47.7 Å². The molecule has 0 fully saturated rings. The Morgan fingerprint density at radius 1 is 1.10 bits per heavy atom. The van der Waals surface area contributed by atoms with Gasteiger partial charge in [0, 0.05) is 47.0 Å². The number of nitrogens with zero attached hydrogens (tertiary/aromatic N) is 4. The number of rotatable bonds is 10. The Morgan fingerprint density at radius 3 is 2.53 bits per heavy atom. The highest BCUT2D eigenvalue weighted by atomic mass is 32.1. The first-order valence-electron chi connectivity index (χ1n) is 15.3. The largest absolute Gasteiger partial charge is 0.490 e. The zero-order valence-corrected chi connectivity index (χ0v) is 27.6. The van der Waals surface area contributed by atoms with Gasteiger partial charge >= 0.3 is 6.18 Å². The monoisotopic (exact) mass is 697 g/mol. The molecule has 1 amide bonds. The van der Waals surface area contributed by atoms with Crippen molar-refractivity contribution in [2.45, 2.75) is 31.7 Å². The van der Waals surface area contributed by atoms with Crippen molar-refractivity contribution >= 4 is 27.3 Å². The van der Waals surface area contributed by atoms with Crippen LogP contribution in [0.15, 0.2) is 66.6 Å². The van der Waals surface area contributed by atoms with Crippen LogP contribution in [0.25, 0.3) is 43.9 Å². The van der Waals surface area contributed by atoms with E-state index in [1.807, 2.05) is 6.92 Å². The predicted octanol–water partition coefficient (Wildman–Crippen LogP) is 7.71. The van der Waals surface area contributed by atoms with Crippen molar-refractivity contribution in [2.75, 3.05) is 33.9 Å². The lowest BCUT2D eigenvalue weighted by Gasteiger charge is -2.33. The molecule has 2 atom stereocenters. The van der Waals surface area contributed by atoms with Gasteiger partial charge in [0.1, 0.15) is 41.4 Å². The maximum Gasteiger partial charge on any atom is 0.407 e. The lowest BCUT2D eigenvalue weighted by molar-refractivity contribution is -0.156. The van der Waals surface area contributed by atoms with Crippen LogP contribution in [0, 0.1) is 11.6 Å². The number of hydrogen-bond donors (Lipinski definition) is 1. The summed E-state index contributed by atoms with van der Waals surface area (Å²) in [6, 6.07) is 9.11. The van der Waals surface area contributed by atoms with Crippen molar-refractivity contribution in [1.82, 2.24) is 25.0 Å². The molecule has 4 heterocycles. The predicted molar refractivity (Wildman–Crippen MR) is 177 cm³/mol. The van der Waals surface area contributed by atoms with Gasteiger partial charge in [-0.2, -0.15) is 18.3 Å². The lowest BCUT2D eigenvalue weighted by atomic mass is 9.95. The minimum absolute atomic E-state index is 0.0160. The molecule has 2 aromatic carbocycles. The highest BCUT2D eigenvalue weighted by molar-refractivity contribution is 7.18. The van der Waals surface area contributed by atoms with Crippen molar-refractivity contribution in [3.8, 4) is 39.5 Å². The number of carbonyl (C=O) groups is 1. The lowest BCUT2D eigenvalue weighted by Crippen LogP contribution is -2.40. The number of hydrogen-bond acceptors (Lipinski definition) is 7. The third-order valence-corrected chi connectivity index (χ3v) is 9.45. The van der Waals surface area contributed by atoms with E-state index in [9.17, 15) is 22.4 Å². The van der Waals surface area contributed by atoms with Crippen LogP contribution in [0.2, 0.25) is 0 Å². The number of halogens is 5. The topological polar surface area (TPSA) is 81.5 Å². The molecule has 1 aliphatic rings. The second-order valence-electron chi connectivity index (χ2n) is 11.4. The van der Waals surface area contributed by atoms with Crippen LogP contribution < -0.4 is 10.1 Å². The number of fused-ring (bicyclic) bond motifs is 2. The quantitative estimate of drug-likeness (QED) is 0.0916. The van der Waals surface area contributed by atoms with Crippen LogP contribution in [0.5, 0.6) is 5.75 Å². The molecule has 6 rings (SSSR count). The molecular weight excluding hydrogens is 665 g/mol. The highest BCUT2D eigenvalue weighted by Crippen LogP contribution is 2.47. The minimum atomic E-state index is -4.50. The number of thiophene rings is 1. The number of ether oxygens (including phenoxy) is 2. The molecule has 256 valence electrons. The summed E-state index contributed by atoms with van der Waals surface area (Å²) in [5, 5.41) is 9.54. The van der Waals surface area contributed by atoms with E-state index in [2.05, 4.69) is 11.9 Å². The van der Waals surface area contributed by atoms with E-state index in [4.69, 9.17) is 19.6 Å². The average molecular weight is 698 g/mol. The van der Waals surface area contributed by atoms with Gasteiger partial charge in [0.05, 0.1) is 36.1 Å². The number of nitrogens with one attached hydrogen (secondary N) is 1. The molecule has 0 aliphatic carbocycles. The van der Waals surface area contributed by atoms with Crippen molar-refractivity contribution in [2.24, 2.45) is 0 Å². The molecular formula is C35H32F5N5O3S. The van der Waals surface area contributed by atoms with Gasteiger partial charge in [0.25, 0.3) is 0 Å². The Bertz CT molecular complexity index is 2020. The molecule has 1 aliphatic heterocycles. The Hall–Kier alpha value is -4.66. The molecule has 0 bridgehead atoms. The van der Waals surface area contributed by atoms with Crippen LogP contribution in [0.1, 0.15) is 30.3 Å². The van der Waals surface area contributed by atoms with E-state index in [0.717, 1.165) is 12.1 Å². The SMILES string of the molecule is C=CC(=O)N1CCn2nc(-c3nc(-c4ccc([C@@H](NC)C(F)(F)F)cc4)c4ccsc4c3-c3c(F)cc(F)cc3OCCOC)cc2[C@H]1C. The first-order chi connectivity index (χ1) is 23.5. The van der Waals surface area contributed by atoms with E-state index < -0.39 is 23.9 Å². The Balaban J connectivity index is 1.59. The van der Waals surface area contributed by atoms with Crippen LogP contribution in [0.4, 0.5) is 22.0 Å². The van der Waals surface area contributed by atoms with Gasteiger partial charge < -0.3 is 19.7 Å². The maximum absolute atomic E-state index is 16.0. The highest BCUT2D eigenvalue weighted by Gasteiger charge is 2.39. The summed E-state index contributed by atoms with van der Waals surface area (Å²) >= 11 is 1.30. The number of benzene rings is 2. The standard InChI is InChI=1S/C35H32F5N5O3S/c1-5-28(46)44-11-12-45-26(19(44)2)18-25(43-45)32-30(29-24(37)16-22(36)17-27(29)48-14-13-47-4)33-23(10-15-49-33)31(42-32)20-6-8-21(9-7-20)34(41-3)35(38,39)40/h5-10,15-19,34,41H,1,11-14H2,2-4H3/t19-,34-/m1/s1. The molecule has 0 saturated carbocycles. The zero-order valence-electron chi connectivity index (χ0n) is 26.8. The Morgan fingerprint density at radius 2 is 1.86 bits per heavy atom. The van der Waals surface area contributed by atoms with Gasteiger partial charge in [-0.15, -0.1) is 11.3 Å². The van der Waals surface area contributed by atoms with Gasteiger partial charge in [0.2, 0.25) is 5.91 Å². The summed E-state index contributed by atoms with van der Waals surface area (Å²) in [7, 11) is 2.72. The number of aromatic nitrogens is 3. The van der Waals surface area contributed by atoms with Crippen LogP contribution >= 0.6 is 11.3 Å². The molecule has 0 radical (unpaired) electrons. The van der Waals surface area contributed by atoms with E-state index in [1.165, 1.54) is 43.7 Å². The minimum Gasteiger partial charge on any atom is -0.490 e. The van der Waals surface area contributed by atoms with Crippen LogP contribution in [-0.2, 0) is 16.1 Å². The Labute approximate surface area is 282 Å². The fraction of sp³-hybridized carbons (Fsp3) is 0.286. The van der Waals surface area contributed by atoms with Gasteiger partial charge in [-0.05, 0) is 43.1 Å². The Kier molecular flexibility index (Phi) is 9.56. The number of carbonyl (C=O) groups excluding carboxylic acids is 1. The summed E-state index contributed by atoms with van der Waals surface area (Å²) in [4.78, 5) is 19.3. The van der Waals surface area contributed by atoms with Crippen molar-refractivity contribution in [3.05, 3.63) is 89.5 Å².